The molecule has 0 unspecified atom stereocenters. The first-order valence-electron chi connectivity index (χ1n) is 10.7. The Bertz CT molecular complexity index is 904. The Morgan fingerprint density at radius 3 is 1.80 bits per heavy atom. The average Bonchev–Trinajstić information content (AvgIpc) is 2.73. The van der Waals surface area contributed by atoms with Crippen molar-refractivity contribution in [2.45, 2.75) is 26.2 Å². The third-order valence-corrected chi connectivity index (χ3v) is 5.25. The lowest BCUT2D eigenvalue weighted by atomic mass is 9.93. The Kier molecular flexibility index (Phi) is 7.75. The Balaban J connectivity index is 1.94. The average molecular weight is 398 g/mol. The molecular weight excluding hydrogens is 366 g/mol. The van der Waals surface area contributed by atoms with E-state index in [1.165, 1.54) is 11.1 Å². The maximum absolute atomic E-state index is 13.3. The predicted molar refractivity (Wildman–Crippen MR) is 128 cm³/mol. The SMILES string of the molecule is C=CCc1cccc(/C=C2\CN(CCC)C/C(=C\c3cccc(CC=C)c3)C2=O)c1. The van der Waals surface area contributed by atoms with Crippen LogP contribution in [-0.2, 0) is 17.6 Å². The van der Waals surface area contributed by atoms with Crippen LogP contribution >= 0.6 is 0 Å². The second kappa shape index (κ2) is 10.7. The zero-order chi connectivity index (χ0) is 21.3. The number of allylic oxidation sites excluding steroid dienone is 2. The Hall–Kier alpha value is -2.97. The van der Waals surface area contributed by atoms with Crippen molar-refractivity contribution in [3.63, 3.8) is 0 Å². The van der Waals surface area contributed by atoms with Gasteiger partial charge in [-0.25, -0.2) is 0 Å². The van der Waals surface area contributed by atoms with Crippen LogP contribution in [0.2, 0.25) is 0 Å². The number of rotatable bonds is 8. The van der Waals surface area contributed by atoms with Crippen LogP contribution in [0.3, 0.4) is 0 Å². The second-order valence-electron chi connectivity index (χ2n) is 7.85. The van der Waals surface area contributed by atoms with Gasteiger partial charge < -0.3 is 0 Å². The van der Waals surface area contributed by atoms with E-state index in [0.29, 0.717) is 13.1 Å². The third kappa shape index (κ3) is 5.77. The zero-order valence-corrected chi connectivity index (χ0v) is 17.9. The molecule has 0 aliphatic carbocycles. The van der Waals surface area contributed by atoms with E-state index in [9.17, 15) is 4.79 Å². The van der Waals surface area contributed by atoms with Crippen molar-refractivity contribution in [3.05, 3.63) is 107 Å². The summed E-state index contributed by atoms with van der Waals surface area (Å²) in [5, 5.41) is 0. The van der Waals surface area contributed by atoms with Gasteiger partial charge in [0, 0.05) is 24.2 Å². The summed E-state index contributed by atoms with van der Waals surface area (Å²) in [4.78, 5) is 15.7. The molecule has 2 heteroatoms. The van der Waals surface area contributed by atoms with Crippen LogP contribution in [-0.4, -0.2) is 30.3 Å². The number of piperidine rings is 1. The van der Waals surface area contributed by atoms with Gasteiger partial charge in [0.25, 0.3) is 0 Å². The smallest absolute Gasteiger partial charge is 0.187 e. The van der Waals surface area contributed by atoms with E-state index in [1.807, 2.05) is 24.3 Å². The molecule has 1 saturated heterocycles. The molecule has 0 aromatic heterocycles. The van der Waals surface area contributed by atoms with Gasteiger partial charge in [0.1, 0.15) is 0 Å². The summed E-state index contributed by atoms with van der Waals surface area (Å²) in [5.74, 6) is 0.158. The van der Waals surface area contributed by atoms with Gasteiger partial charge in [-0.2, -0.15) is 0 Å². The lowest BCUT2D eigenvalue weighted by Gasteiger charge is -2.29. The molecule has 1 fully saturated rings. The molecule has 0 atom stereocenters. The molecule has 0 radical (unpaired) electrons. The van der Waals surface area contributed by atoms with Gasteiger partial charge in [-0.15, -0.1) is 13.2 Å². The van der Waals surface area contributed by atoms with E-state index >= 15 is 0 Å². The van der Waals surface area contributed by atoms with Crippen molar-refractivity contribution < 1.29 is 4.79 Å². The summed E-state index contributed by atoms with van der Waals surface area (Å²) in [5.41, 5.74) is 6.29. The van der Waals surface area contributed by atoms with Gasteiger partial charge in [0.05, 0.1) is 0 Å². The number of carbonyl (C=O) groups is 1. The van der Waals surface area contributed by atoms with Gasteiger partial charge in [-0.3, -0.25) is 9.69 Å². The maximum Gasteiger partial charge on any atom is 0.187 e. The molecule has 1 heterocycles. The monoisotopic (exact) mass is 397 g/mol. The van der Waals surface area contributed by atoms with Crippen LogP contribution in [0.15, 0.2) is 85.0 Å². The standard InChI is InChI=1S/C28H31NO/c1-4-9-22-11-7-13-24(16-22)18-26-20-29(15-6-3)21-27(28(26)30)19-25-14-8-12-23(17-25)10-5-2/h4-5,7-8,11-14,16-19H,1-2,6,9-10,15,20-21H2,3H3/b26-18+,27-19+. The summed E-state index contributed by atoms with van der Waals surface area (Å²) in [6.07, 6.45) is 10.7. The molecular formula is C28H31NO. The van der Waals surface area contributed by atoms with Crippen LogP contribution < -0.4 is 0 Å². The fourth-order valence-corrected chi connectivity index (χ4v) is 3.94. The van der Waals surface area contributed by atoms with E-state index < -0.39 is 0 Å². The highest BCUT2D eigenvalue weighted by atomic mass is 16.1. The Morgan fingerprint density at radius 2 is 1.37 bits per heavy atom. The van der Waals surface area contributed by atoms with Crippen molar-refractivity contribution in [1.29, 1.82) is 0 Å². The minimum absolute atomic E-state index is 0.158. The molecule has 0 bridgehead atoms. The molecule has 0 amide bonds. The molecule has 0 saturated carbocycles. The summed E-state index contributed by atoms with van der Waals surface area (Å²) < 4.78 is 0. The van der Waals surface area contributed by atoms with Crippen molar-refractivity contribution >= 4 is 17.9 Å². The predicted octanol–water partition coefficient (Wildman–Crippen LogP) is 5.91. The van der Waals surface area contributed by atoms with E-state index in [-0.39, 0.29) is 5.78 Å². The number of likely N-dealkylation sites (tertiary alicyclic amines) is 1. The summed E-state index contributed by atoms with van der Waals surface area (Å²) in [6.45, 7) is 12.2. The van der Waals surface area contributed by atoms with Crippen molar-refractivity contribution in [1.82, 2.24) is 4.90 Å². The lowest BCUT2D eigenvalue weighted by Crippen LogP contribution is -2.38. The minimum Gasteiger partial charge on any atom is -0.295 e. The van der Waals surface area contributed by atoms with Crippen molar-refractivity contribution in [2.24, 2.45) is 0 Å². The van der Waals surface area contributed by atoms with Gasteiger partial charge in [-0.1, -0.05) is 67.6 Å². The minimum atomic E-state index is 0.158. The number of Topliss-reactive ketones (excluding diaryl/α,β-unsaturated/α-hetero) is 1. The number of benzene rings is 2. The van der Waals surface area contributed by atoms with Crippen LogP contribution in [0, 0.1) is 0 Å². The van der Waals surface area contributed by atoms with Crippen LogP contribution in [0.1, 0.15) is 35.6 Å². The fraction of sp³-hybridized carbons (Fsp3) is 0.250. The van der Waals surface area contributed by atoms with Crippen molar-refractivity contribution in [3.8, 4) is 0 Å². The fourth-order valence-electron chi connectivity index (χ4n) is 3.94. The molecule has 30 heavy (non-hydrogen) atoms. The molecule has 3 rings (SSSR count). The summed E-state index contributed by atoms with van der Waals surface area (Å²) >= 11 is 0. The number of ketones is 1. The molecule has 1 aliphatic heterocycles. The molecule has 2 aromatic rings. The number of carbonyl (C=O) groups excluding carboxylic acids is 1. The topological polar surface area (TPSA) is 20.3 Å². The molecule has 2 nitrogen and oxygen atoms in total. The first-order chi connectivity index (χ1) is 14.6. The van der Waals surface area contributed by atoms with Gasteiger partial charge in [0.2, 0.25) is 0 Å². The van der Waals surface area contributed by atoms with Crippen molar-refractivity contribution in [2.75, 3.05) is 19.6 Å². The van der Waals surface area contributed by atoms with E-state index in [1.54, 1.807) is 0 Å². The quantitative estimate of drug-likeness (QED) is 0.408. The molecule has 0 N–H and O–H groups in total. The normalized spacial score (nSPS) is 17.4. The number of nitrogens with zero attached hydrogens (tertiary/aromatic N) is 1. The molecule has 1 aliphatic rings. The number of hydrogen-bond acceptors (Lipinski definition) is 2. The first kappa shape index (κ1) is 21.7. The zero-order valence-electron chi connectivity index (χ0n) is 17.9. The third-order valence-electron chi connectivity index (χ3n) is 5.25. The molecule has 2 aromatic carbocycles. The Morgan fingerprint density at radius 1 is 0.867 bits per heavy atom. The highest BCUT2D eigenvalue weighted by molar-refractivity contribution is 6.14. The highest BCUT2D eigenvalue weighted by Gasteiger charge is 2.25. The summed E-state index contributed by atoms with van der Waals surface area (Å²) in [7, 11) is 0. The molecule has 0 spiro atoms. The van der Waals surface area contributed by atoms with E-state index in [2.05, 4.69) is 73.5 Å². The summed E-state index contributed by atoms with van der Waals surface area (Å²) in [6, 6.07) is 16.7. The second-order valence-corrected chi connectivity index (χ2v) is 7.85. The van der Waals surface area contributed by atoms with Gasteiger partial charge in [-0.05, 0) is 60.2 Å². The maximum atomic E-state index is 13.3. The van der Waals surface area contributed by atoms with E-state index in [4.69, 9.17) is 0 Å². The van der Waals surface area contributed by atoms with Crippen LogP contribution in [0.25, 0.3) is 12.2 Å². The first-order valence-corrected chi connectivity index (χ1v) is 10.7. The molecule has 154 valence electrons. The highest BCUT2D eigenvalue weighted by Crippen LogP contribution is 2.23. The lowest BCUT2D eigenvalue weighted by molar-refractivity contribution is -0.113. The number of hydrogen-bond donors (Lipinski definition) is 0. The largest absolute Gasteiger partial charge is 0.295 e. The van der Waals surface area contributed by atoms with Gasteiger partial charge in [0.15, 0.2) is 5.78 Å². The Labute approximate surface area is 180 Å². The van der Waals surface area contributed by atoms with E-state index in [0.717, 1.165) is 48.1 Å². The van der Waals surface area contributed by atoms with Crippen LogP contribution in [0.4, 0.5) is 0 Å². The van der Waals surface area contributed by atoms with Gasteiger partial charge >= 0.3 is 0 Å². The van der Waals surface area contributed by atoms with Crippen LogP contribution in [0.5, 0.6) is 0 Å².